The molecule has 4 rings (SSSR count). The molecule has 2 heterocycles. The number of rotatable bonds is 6. The monoisotopic (exact) mass is 404 g/mol. The van der Waals surface area contributed by atoms with Gasteiger partial charge in [-0.25, -0.2) is 4.98 Å². The Morgan fingerprint density at radius 2 is 1.69 bits per heavy atom. The van der Waals surface area contributed by atoms with Crippen molar-refractivity contribution < 1.29 is 0 Å². The van der Waals surface area contributed by atoms with Gasteiger partial charge in [0.05, 0.1) is 6.54 Å². The first-order valence-corrected chi connectivity index (χ1v) is 10.6. The van der Waals surface area contributed by atoms with Gasteiger partial charge in [0, 0.05) is 17.0 Å². The van der Waals surface area contributed by atoms with Crippen LogP contribution in [-0.2, 0) is 12.0 Å². The summed E-state index contributed by atoms with van der Waals surface area (Å²) in [6, 6.07) is 18.9. The second-order valence-corrected chi connectivity index (χ2v) is 8.87. The van der Waals surface area contributed by atoms with E-state index in [1.807, 2.05) is 22.9 Å². The van der Waals surface area contributed by atoms with Crippen LogP contribution < -0.4 is 0 Å². The molecule has 0 amide bonds. The summed E-state index contributed by atoms with van der Waals surface area (Å²) in [4.78, 5) is 3.99. The molecule has 0 aliphatic carbocycles. The molecule has 2 aromatic heterocycles. The van der Waals surface area contributed by atoms with E-state index in [1.165, 1.54) is 5.56 Å². The first kappa shape index (κ1) is 19.4. The van der Waals surface area contributed by atoms with Crippen molar-refractivity contribution in [3.05, 3.63) is 72.8 Å². The molecule has 2 aromatic carbocycles. The van der Waals surface area contributed by atoms with Crippen molar-refractivity contribution in [1.82, 2.24) is 29.5 Å². The lowest BCUT2D eigenvalue weighted by Crippen LogP contribution is -2.10. The number of para-hydroxylation sites is 1. The third-order valence-electron chi connectivity index (χ3n) is 4.68. The van der Waals surface area contributed by atoms with E-state index in [0.717, 1.165) is 34.5 Å². The van der Waals surface area contributed by atoms with Crippen LogP contribution in [0.25, 0.3) is 17.1 Å². The number of nitrogens with zero attached hydrogens (tertiary/aromatic N) is 6. The van der Waals surface area contributed by atoms with Crippen molar-refractivity contribution >= 4 is 11.8 Å². The van der Waals surface area contributed by atoms with E-state index >= 15 is 0 Å². The minimum absolute atomic E-state index is 0.119. The molecule has 6 nitrogen and oxygen atoms in total. The fourth-order valence-corrected chi connectivity index (χ4v) is 3.94. The number of hydrogen-bond donors (Lipinski definition) is 0. The van der Waals surface area contributed by atoms with Gasteiger partial charge in [-0.3, -0.25) is 9.25 Å². The van der Waals surface area contributed by atoms with E-state index in [-0.39, 0.29) is 5.41 Å². The van der Waals surface area contributed by atoms with Crippen molar-refractivity contribution in [3.8, 4) is 17.1 Å². The second-order valence-electron chi connectivity index (χ2n) is 7.81. The van der Waals surface area contributed by atoms with Gasteiger partial charge in [-0.1, -0.05) is 75.0 Å². The summed E-state index contributed by atoms with van der Waals surface area (Å²) in [6.07, 6.45) is 3.28. The third-order valence-corrected chi connectivity index (χ3v) is 5.58. The van der Waals surface area contributed by atoms with Crippen LogP contribution >= 0.6 is 11.8 Å². The lowest BCUT2D eigenvalue weighted by atomic mass is 9.87. The minimum atomic E-state index is 0.119. The lowest BCUT2D eigenvalue weighted by molar-refractivity contribution is 0.590. The van der Waals surface area contributed by atoms with Gasteiger partial charge in [0.1, 0.15) is 12.7 Å². The maximum atomic E-state index is 4.53. The molecule has 7 heteroatoms. The number of aromatic nitrogens is 6. The number of benzene rings is 2. The highest BCUT2D eigenvalue weighted by molar-refractivity contribution is 7.99. The van der Waals surface area contributed by atoms with Crippen LogP contribution in [0.5, 0.6) is 0 Å². The zero-order chi connectivity index (χ0) is 20.3. The zero-order valence-electron chi connectivity index (χ0n) is 16.9. The van der Waals surface area contributed by atoms with Crippen LogP contribution in [0.3, 0.4) is 0 Å². The predicted octanol–water partition coefficient (Wildman–Crippen LogP) is 4.62. The van der Waals surface area contributed by atoms with Crippen LogP contribution in [-0.4, -0.2) is 35.3 Å². The number of hydrogen-bond acceptors (Lipinski definition) is 5. The van der Waals surface area contributed by atoms with Crippen molar-refractivity contribution in [2.45, 2.75) is 37.9 Å². The largest absolute Gasteiger partial charge is 0.270 e. The van der Waals surface area contributed by atoms with E-state index < -0.39 is 0 Å². The molecule has 0 radical (unpaired) electrons. The van der Waals surface area contributed by atoms with Crippen molar-refractivity contribution in [1.29, 1.82) is 0 Å². The molecule has 0 atom stereocenters. The van der Waals surface area contributed by atoms with Gasteiger partial charge in [0.25, 0.3) is 0 Å². The molecule has 0 N–H and O–H groups in total. The molecule has 0 unspecified atom stereocenters. The number of thioether (sulfide) groups is 1. The van der Waals surface area contributed by atoms with Gasteiger partial charge in [-0.15, -0.1) is 10.2 Å². The molecule has 148 valence electrons. The molecule has 0 spiro atoms. The summed E-state index contributed by atoms with van der Waals surface area (Å²) < 4.78 is 3.94. The van der Waals surface area contributed by atoms with Crippen molar-refractivity contribution in [2.24, 2.45) is 0 Å². The summed E-state index contributed by atoms with van der Waals surface area (Å²) >= 11 is 1.66. The van der Waals surface area contributed by atoms with Crippen molar-refractivity contribution in [2.75, 3.05) is 5.75 Å². The molecular formula is C22H24N6S. The van der Waals surface area contributed by atoms with Crippen LogP contribution in [0, 0.1) is 0 Å². The fraction of sp³-hybridized carbons (Fsp3) is 0.273. The van der Waals surface area contributed by atoms with Crippen LogP contribution in [0.4, 0.5) is 0 Å². The molecule has 0 saturated carbocycles. The molecule has 0 aliphatic heterocycles. The van der Waals surface area contributed by atoms with E-state index in [0.29, 0.717) is 0 Å². The van der Waals surface area contributed by atoms with E-state index in [2.05, 4.69) is 82.0 Å². The average molecular weight is 405 g/mol. The van der Waals surface area contributed by atoms with Gasteiger partial charge < -0.3 is 0 Å². The van der Waals surface area contributed by atoms with Crippen LogP contribution in [0.15, 0.2) is 72.4 Å². The Kier molecular flexibility index (Phi) is 5.49. The highest BCUT2D eigenvalue weighted by Gasteiger charge is 2.18. The molecule has 0 saturated heterocycles. The van der Waals surface area contributed by atoms with Gasteiger partial charge in [-0.2, -0.15) is 5.10 Å². The number of aryl methyl sites for hydroxylation is 1. The summed E-state index contributed by atoms with van der Waals surface area (Å²) in [7, 11) is 0. The Bertz CT molecular complexity index is 1050. The zero-order valence-corrected chi connectivity index (χ0v) is 17.7. The van der Waals surface area contributed by atoms with Crippen LogP contribution in [0.2, 0.25) is 0 Å². The molecule has 0 fully saturated rings. The highest BCUT2D eigenvalue weighted by atomic mass is 32.2. The first-order valence-electron chi connectivity index (χ1n) is 9.59. The lowest BCUT2D eigenvalue weighted by Gasteiger charge is -2.19. The maximum absolute atomic E-state index is 4.53. The van der Waals surface area contributed by atoms with Gasteiger partial charge in [0.2, 0.25) is 0 Å². The Morgan fingerprint density at radius 3 is 2.34 bits per heavy atom. The quantitative estimate of drug-likeness (QED) is 0.439. The van der Waals surface area contributed by atoms with Crippen molar-refractivity contribution in [3.63, 3.8) is 0 Å². The van der Waals surface area contributed by atoms with E-state index in [1.54, 1.807) is 24.4 Å². The minimum Gasteiger partial charge on any atom is -0.270 e. The Morgan fingerprint density at radius 1 is 0.931 bits per heavy atom. The standard InChI is InChI=1S/C22H24N6S/c1-22(2,3)18-11-9-17(10-12-18)20-25-26-21(28(20)19-7-5-4-6-8-19)29-14-13-27-16-23-15-24-27/h4-12,15-16H,13-14H2,1-3H3. The molecule has 0 aliphatic rings. The third kappa shape index (κ3) is 4.40. The Hall–Kier alpha value is -2.93. The molecule has 0 bridgehead atoms. The van der Waals surface area contributed by atoms with Gasteiger partial charge >= 0.3 is 0 Å². The summed E-state index contributed by atoms with van der Waals surface area (Å²) in [5.74, 6) is 1.68. The summed E-state index contributed by atoms with van der Waals surface area (Å²) in [6.45, 7) is 7.43. The predicted molar refractivity (Wildman–Crippen MR) is 116 cm³/mol. The Labute approximate surface area is 175 Å². The first-order chi connectivity index (χ1) is 14.0. The molecule has 29 heavy (non-hydrogen) atoms. The van der Waals surface area contributed by atoms with Gasteiger partial charge in [-0.05, 0) is 23.1 Å². The molecular weight excluding hydrogens is 380 g/mol. The highest BCUT2D eigenvalue weighted by Crippen LogP contribution is 2.30. The normalized spacial score (nSPS) is 11.7. The maximum Gasteiger partial charge on any atom is 0.196 e. The summed E-state index contributed by atoms with van der Waals surface area (Å²) in [5, 5.41) is 14.0. The summed E-state index contributed by atoms with van der Waals surface area (Å²) in [5.41, 5.74) is 3.52. The fourth-order valence-electron chi connectivity index (χ4n) is 3.06. The van der Waals surface area contributed by atoms with E-state index in [9.17, 15) is 0 Å². The second kappa shape index (κ2) is 8.21. The SMILES string of the molecule is CC(C)(C)c1ccc(-c2nnc(SCCn3cncn3)n2-c2ccccc2)cc1. The smallest absolute Gasteiger partial charge is 0.196 e. The average Bonchev–Trinajstić information content (AvgIpc) is 3.38. The van der Waals surface area contributed by atoms with Gasteiger partial charge in [0.15, 0.2) is 11.0 Å². The van der Waals surface area contributed by atoms with E-state index in [4.69, 9.17) is 0 Å². The Balaban J connectivity index is 1.66. The topological polar surface area (TPSA) is 61.4 Å². The molecule has 4 aromatic rings. The van der Waals surface area contributed by atoms with Crippen LogP contribution in [0.1, 0.15) is 26.3 Å².